The van der Waals surface area contributed by atoms with E-state index in [1.165, 1.54) is 6.26 Å². The molecule has 0 rings (SSSR count). The largest absolute Gasteiger partial charge is 0.499 e. The third-order valence-corrected chi connectivity index (χ3v) is 3.44. The van der Waals surface area contributed by atoms with Gasteiger partial charge in [-0.25, -0.2) is 0 Å². The predicted molar refractivity (Wildman–Crippen MR) is 113 cm³/mol. The molecule has 0 heterocycles. The second-order valence-electron chi connectivity index (χ2n) is 5.63. The van der Waals surface area contributed by atoms with Crippen LogP contribution >= 0.6 is 11.6 Å². The first-order valence-corrected chi connectivity index (χ1v) is 10.9. The number of rotatable bonds is 27. The third-order valence-electron chi connectivity index (χ3n) is 3.29. The molecule has 0 bridgehead atoms. The maximum absolute atomic E-state index is 5.49. The second-order valence-corrected chi connectivity index (χ2v) is 6.00. The van der Waals surface area contributed by atoms with Gasteiger partial charge in [-0.1, -0.05) is 6.58 Å². The molecule has 0 saturated heterocycles. The topological polar surface area (TPSA) is 83.1 Å². The van der Waals surface area contributed by atoms with Gasteiger partial charge >= 0.3 is 0 Å². The first-order chi connectivity index (χ1) is 14.9. The van der Waals surface area contributed by atoms with E-state index in [2.05, 4.69) is 6.58 Å². The van der Waals surface area contributed by atoms with Gasteiger partial charge in [0, 0.05) is 5.88 Å². The fourth-order valence-electron chi connectivity index (χ4n) is 1.89. The van der Waals surface area contributed by atoms with Gasteiger partial charge in [0.15, 0.2) is 0 Å². The second kappa shape index (κ2) is 28.5. The Morgan fingerprint density at radius 3 is 0.867 bits per heavy atom. The van der Waals surface area contributed by atoms with Crippen LogP contribution < -0.4 is 0 Å². The summed E-state index contributed by atoms with van der Waals surface area (Å²) >= 11 is 5.49. The Morgan fingerprint density at radius 2 is 0.633 bits per heavy atom. The smallest absolute Gasteiger partial charge is 0.111 e. The van der Waals surface area contributed by atoms with Gasteiger partial charge in [0.05, 0.1) is 112 Å². The molecule has 0 unspecified atom stereocenters. The molecule has 0 saturated carbocycles. The number of hydrogen-bond acceptors (Lipinski definition) is 9. The van der Waals surface area contributed by atoms with Crippen molar-refractivity contribution < 1.29 is 42.6 Å². The highest BCUT2D eigenvalue weighted by atomic mass is 35.5. The SMILES string of the molecule is C=COCCOCCOCCOCCOCCOCCOCCOCCOCCCl. The first-order valence-electron chi connectivity index (χ1n) is 10.3. The van der Waals surface area contributed by atoms with Gasteiger partial charge in [0.1, 0.15) is 6.61 Å². The Morgan fingerprint density at radius 1 is 0.400 bits per heavy atom. The van der Waals surface area contributed by atoms with Crippen molar-refractivity contribution in [2.45, 2.75) is 0 Å². The summed E-state index contributed by atoms with van der Waals surface area (Å²) in [6.07, 6.45) is 1.40. The van der Waals surface area contributed by atoms with Crippen LogP contribution in [0, 0.1) is 0 Å². The molecule has 0 amide bonds. The van der Waals surface area contributed by atoms with Crippen LogP contribution in [0.2, 0.25) is 0 Å². The van der Waals surface area contributed by atoms with Crippen molar-refractivity contribution in [3.63, 3.8) is 0 Å². The number of alkyl halides is 1. The lowest BCUT2D eigenvalue weighted by molar-refractivity contribution is -0.0236. The summed E-state index contributed by atoms with van der Waals surface area (Å²) in [6, 6.07) is 0. The van der Waals surface area contributed by atoms with E-state index >= 15 is 0 Å². The van der Waals surface area contributed by atoms with E-state index < -0.39 is 0 Å². The first kappa shape index (κ1) is 29.5. The molecular formula is C20H39ClO9. The minimum atomic E-state index is 0.503. The van der Waals surface area contributed by atoms with Gasteiger partial charge < -0.3 is 42.6 Å². The summed E-state index contributed by atoms with van der Waals surface area (Å²) in [4.78, 5) is 0. The van der Waals surface area contributed by atoms with Crippen molar-refractivity contribution >= 4 is 11.6 Å². The molecule has 0 radical (unpaired) electrons. The van der Waals surface area contributed by atoms with Crippen LogP contribution in [-0.2, 0) is 42.6 Å². The molecule has 180 valence electrons. The Balaban J connectivity index is 2.98. The molecule has 9 nitrogen and oxygen atoms in total. The quantitative estimate of drug-likeness (QED) is 0.103. The molecule has 0 aliphatic rings. The number of ether oxygens (including phenoxy) is 9. The summed E-state index contributed by atoms with van der Waals surface area (Å²) in [5.41, 5.74) is 0. The molecule has 0 aromatic rings. The van der Waals surface area contributed by atoms with E-state index in [1.807, 2.05) is 0 Å². The van der Waals surface area contributed by atoms with Crippen LogP contribution in [0.25, 0.3) is 0 Å². The number of hydrogen-bond donors (Lipinski definition) is 0. The van der Waals surface area contributed by atoms with Gasteiger partial charge in [-0.15, -0.1) is 11.6 Å². The van der Waals surface area contributed by atoms with Crippen molar-refractivity contribution in [1.82, 2.24) is 0 Å². The average molecular weight is 459 g/mol. The molecule has 0 aromatic carbocycles. The van der Waals surface area contributed by atoms with E-state index in [1.54, 1.807) is 0 Å². The standard InChI is InChI=1S/C20H39ClO9/c1-2-22-5-6-24-9-10-26-13-14-28-17-18-30-20-19-29-16-15-27-12-11-25-8-7-23-4-3-21/h2H,1,3-20H2. The lowest BCUT2D eigenvalue weighted by Gasteiger charge is -2.08. The monoisotopic (exact) mass is 458 g/mol. The Hall–Kier alpha value is -0.490. The minimum absolute atomic E-state index is 0.503. The fraction of sp³-hybridized carbons (Fsp3) is 0.900. The van der Waals surface area contributed by atoms with E-state index in [-0.39, 0.29) is 0 Å². The van der Waals surface area contributed by atoms with Crippen molar-refractivity contribution in [2.24, 2.45) is 0 Å². The molecule has 0 spiro atoms. The lowest BCUT2D eigenvalue weighted by atomic mass is 10.6. The summed E-state index contributed by atoms with van der Waals surface area (Å²) < 4.78 is 47.7. The highest BCUT2D eigenvalue weighted by Crippen LogP contribution is 1.86. The van der Waals surface area contributed by atoms with Crippen LogP contribution in [-0.4, -0.2) is 118 Å². The maximum atomic E-state index is 5.49. The van der Waals surface area contributed by atoms with Crippen LogP contribution in [0.1, 0.15) is 0 Å². The van der Waals surface area contributed by atoms with E-state index in [4.69, 9.17) is 54.2 Å². The Kier molecular flexibility index (Phi) is 28.0. The average Bonchev–Trinajstić information content (AvgIpc) is 2.76. The minimum Gasteiger partial charge on any atom is -0.499 e. The number of halogens is 1. The van der Waals surface area contributed by atoms with Gasteiger partial charge in [-0.2, -0.15) is 0 Å². The van der Waals surface area contributed by atoms with Gasteiger partial charge in [-0.05, 0) is 0 Å². The lowest BCUT2D eigenvalue weighted by Crippen LogP contribution is -2.15. The zero-order chi connectivity index (χ0) is 21.8. The molecule has 0 aliphatic carbocycles. The van der Waals surface area contributed by atoms with Gasteiger partial charge in [0.25, 0.3) is 0 Å². The van der Waals surface area contributed by atoms with Crippen molar-refractivity contribution in [1.29, 1.82) is 0 Å². The van der Waals surface area contributed by atoms with Gasteiger partial charge in [0.2, 0.25) is 0 Å². The predicted octanol–water partition coefficient (Wildman–Crippen LogP) is 1.52. The highest BCUT2D eigenvalue weighted by Gasteiger charge is 1.95. The molecule has 0 aromatic heterocycles. The summed E-state index contributed by atoms with van der Waals surface area (Å²) in [5, 5.41) is 0. The van der Waals surface area contributed by atoms with E-state index in [9.17, 15) is 0 Å². The highest BCUT2D eigenvalue weighted by molar-refractivity contribution is 6.17. The van der Waals surface area contributed by atoms with Crippen LogP contribution in [0.15, 0.2) is 12.8 Å². The Bertz CT molecular complexity index is 325. The van der Waals surface area contributed by atoms with E-state index in [0.717, 1.165) is 0 Å². The summed E-state index contributed by atoms with van der Waals surface area (Å²) in [7, 11) is 0. The van der Waals surface area contributed by atoms with Crippen molar-refractivity contribution in [2.75, 3.05) is 118 Å². The van der Waals surface area contributed by atoms with Crippen LogP contribution in [0.4, 0.5) is 0 Å². The molecular weight excluding hydrogens is 420 g/mol. The van der Waals surface area contributed by atoms with Crippen LogP contribution in [0.5, 0.6) is 0 Å². The van der Waals surface area contributed by atoms with Crippen molar-refractivity contribution in [3.05, 3.63) is 12.8 Å². The fourth-order valence-corrected chi connectivity index (χ4v) is 2.00. The molecule has 0 aliphatic heterocycles. The normalized spacial score (nSPS) is 11.1. The summed E-state index contributed by atoms with van der Waals surface area (Å²) in [6.45, 7) is 12.5. The van der Waals surface area contributed by atoms with Crippen LogP contribution in [0.3, 0.4) is 0 Å². The summed E-state index contributed by atoms with van der Waals surface area (Å²) in [5.74, 6) is 0.503. The van der Waals surface area contributed by atoms with Crippen molar-refractivity contribution in [3.8, 4) is 0 Å². The maximum Gasteiger partial charge on any atom is 0.111 e. The Labute approximate surface area is 185 Å². The van der Waals surface area contributed by atoms with Gasteiger partial charge in [-0.3, -0.25) is 0 Å². The molecule has 30 heavy (non-hydrogen) atoms. The molecule has 0 atom stereocenters. The molecule has 0 N–H and O–H groups in total. The zero-order valence-electron chi connectivity index (χ0n) is 18.1. The molecule has 10 heteroatoms. The zero-order valence-corrected chi connectivity index (χ0v) is 18.8. The third kappa shape index (κ3) is 27.5. The van der Waals surface area contributed by atoms with E-state index in [0.29, 0.717) is 118 Å². The molecule has 0 fully saturated rings.